The van der Waals surface area contributed by atoms with Gasteiger partial charge in [0.25, 0.3) is 0 Å². The van der Waals surface area contributed by atoms with Crippen LogP contribution < -0.4 is 10.0 Å². The second-order valence-corrected chi connectivity index (χ2v) is 9.03. The van der Waals surface area contributed by atoms with Gasteiger partial charge in [0.1, 0.15) is 5.82 Å². The molecule has 1 aromatic heterocycles. The van der Waals surface area contributed by atoms with E-state index < -0.39 is 21.7 Å². The summed E-state index contributed by atoms with van der Waals surface area (Å²) >= 11 is 0. The number of sulfonamides is 1. The van der Waals surface area contributed by atoms with Crippen molar-refractivity contribution in [2.75, 3.05) is 13.1 Å². The fourth-order valence-corrected chi connectivity index (χ4v) is 4.32. The van der Waals surface area contributed by atoms with Gasteiger partial charge in [-0.25, -0.2) is 17.5 Å². The van der Waals surface area contributed by atoms with Crippen molar-refractivity contribution >= 4 is 20.8 Å². The monoisotopic (exact) mass is 417 g/mol. The van der Waals surface area contributed by atoms with Crippen molar-refractivity contribution in [3.8, 4) is 0 Å². The lowest BCUT2D eigenvalue weighted by molar-refractivity contribution is 0.0568. The summed E-state index contributed by atoms with van der Waals surface area (Å²) in [5, 5.41) is 15.3. The highest BCUT2D eigenvalue weighted by Crippen LogP contribution is 2.20. The number of aliphatic hydroxyl groups is 1. The first-order valence-electron chi connectivity index (χ1n) is 9.23. The summed E-state index contributed by atoms with van der Waals surface area (Å²) in [7, 11) is -3.69. The predicted molar refractivity (Wildman–Crippen MR) is 110 cm³/mol. The molecule has 0 saturated carbocycles. The minimum Gasteiger partial charge on any atom is -0.384 e. The van der Waals surface area contributed by atoms with Crippen molar-refractivity contribution in [1.82, 2.24) is 15.0 Å². The lowest BCUT2D eigenvalue weighted by Gasteiger charge is -2.25. The molecule has 6 nitrogen and oxygen atoms in total. The molecule has 3 N–H and O–H groups in total. The molecule has 0 aliphatic rings. The van der Waals surface area contributed by atoms with Crippen LogP contribution in [0.25, 0.3) is 10.8 Å². The highest BCUT2D eigenvalue weighted by atomic mass is 32.2. The van der Waals surface area contributed by atoms with Crippen LogP contribution in [0.5, 0.6) is 0 Å². The van der Waals surface area contributed by atoms with Crippen LogP contribution >= 0.6 is 0 Å². The van der Waals surface area contributed by atoms with Gasteiger partial charge in [0.05, 0.1) is 10.5 Å². The largest absolute Gasteiger partial charge is 0.384 e. The van der Waals surface area contributed by atoms with E-state index in [0.717, 1.165) is 10.8 Å². The molecular weight excluding hydrogens is 393 g/mol. The summed E-state index contributed by atoms with van der Waals surface area (Å²) in [5.41, 5.74) is -0.635. The Kier molecular flexibility index (Phi) is 6.28. The molecule has 154 valence electrons. The Morgan fingerprint density at radius 3 is 2.59 bits per heavy atom. The van der Waals surface area contributed by atoms with Crippen molar-refractivity contribution in [3.05, 3.63) is 72.3 Å². The average molecular weight is 418 g/mol. The molecule has 0 fully saturated rings. The minimum atomic E-state index is -3.69. The van der Waals surface area contributed by atoms with Gasteiger partial charge in [0.15, 0.2) is 0 Å². The molecule has 0 saturated heterocycles. The maximum absolute atomic E-state index is 13.1. The maximum atomic E-state index is 13.1. The number of hydrogen-bond acceptors (Lipinski definition) is 5. The number of pyridine rings is 1. The zero-order valence-electron chi connectivity index (χ0n) is 16.3. The van der Waals surface area contributed by atoms with Crippen molar-refractivity contribution in [1.29, 1.82) is 0 Å². The number of nitrogens with zero attached hydrogens (tertiary/aromatic N) is 1. The highest BCUT2D eigenvalue weighted by molar-refractivity contribution is 7.89. The Bertz CT molecular complexity index is 1090. The summed E-state index contributed by atoms with van der Waals surface area (Å²) in [6.07, 6.45) is 3.30. The third-order valence-electron chi connectivity index (χ3n) is 4.66. The first kappa shape index (κ1) is 21.3. The molecule has 2 aromatic carbocycles. The van der Waals surface area contributed by atoms with Gasteiger partial charge in [-0.05, 0) is 55.1 Å². The van der Waals surface area contributed by atoms with Gasteiger partial charge < -0.3 is 10.4 Å². The number of hydrogen-bond donors (Lipinski definition) is 3. The van der Waals surface area contributed by atoms with E-state index in [1.54, 1.807) is 50.5 Å². The highest BCUT2D eigenvalue weighted by Gasteiger charge is 2.23. The third kappa shape index (κ3) is 5.36. The normalized spacial score (nSPS) is 15.2. The zero-order valence-corrected chi connectivity index (χ0v) is 17.1. The van der Waals surface area contributed by atoms with E-state index in [1.165, 1.54) is 24.3 Å². The molecule has 0 aliphatic heterocycles. The van der Waals surface area contributed by atoms with Crippen LogP contribution in [0.1, 0.15) is 19.4 Å². The molecule has 29 heavy (non-hydrogen) atoms. The summed E-state index contributed by atoms with van der Waals surface area (Å²) in [6.45, 7) is 3.86. The summed E-state index contributed by atoms with van der Waals surface area (Å²) < 4.78 is 41.0. The third-order valence-corrected chi connectivity index (χ3v) is 6.25. The van der Waals surface area contributed by atoms with E-state index in [9.17, 15) is 17.9 Å². The van der Waals surface area contributed by atoms with Gasteiger partial charge in [-0.1, -0.05) is 18.2 Å². The fourth-order valence-electron chi connectivity index (χ4n) is 3.05. The van der Waals surface area contributed by atoms with E-state index in [4.69, 9.17) is 0 Å². The van der Waals surface area contributed by atoms with Crippen LogP contribution in [0.3, 0.4) is 0 Å². The van der Waals surface area contributed by atoms with Gasteiger partial charge in [0.2, 0.25) is 10.0 Å². The number of halogens is 1. The van der Waals surface area contributed by atoms with Crippen LogP contribution in [-0.2, 0) is 15.6 Å². The van der Waals surface area contributed by atoms with E-state index >= 15 is 0 Å². The van der Waals surface area contributed by atoms with E-state index in [-0.39, 0.29) is 17.3 Å². The van der Waals surface area contributed by atoms with Crippen molar-refractivity contribution in [2.24, 2.45) is 0 Å². The summed E-state index contributed by atoms with van der Waals surface area (Å²) in [6, 6.07) is 11.9. The second-order valence-electron chi connectivity index (χ2n) is 7.32. The molecule has 0 amide bonds. The van der Waals surface area contributed by atoms with E-state index in [0.29, 0.717) is 12.1 Å². The summed E-state index contributed by atoms with van der Waals surface area (Å²) in [4.78, 5) is 4.20. The number of nitrogens with one attached hydrogen (secondary N) is 2. The van der Waals surface area contributed by atoms with Crippen LogP contribution in [0.2, 0.25) is 0 Å². The molecule has 0 aliphatic carbocycles. The maximum Gasteiger partial charge on any atom is 0.240 e. The molecule has 1 unspecified atom stereocenters. The lowest BCUT2D eigenvalue weighted by atomic mass is 9.96. The van der Waals surface area contributed by atoms with Gasteiger partial charge in [0, 0.05) is 36.9 Å². The summed E-state index contributed by atoms with van der Waals surface area (Å²) in [5.74, 6) is -0.370. The molecule has 3 aromatic rings. The quantitative estimate of drug-likeness (QED) is 0.524. The lowest BCUT2D eigenvalue weighted by Crippen LogP contribution is -2.44. The smallest absolute Gasteiger partial charge is 0.240 e. The van der Waals surface area contributed by atoms with Crippen LogP contribution in [0.15, 0.2) is 65.8 Å². The molecule has 0 bridgehead atoms. The van der Waals surface area contributed by atoms with E-state index in [1.807, 2.05) is 0 Å². The number of rotatable bonds is 8. The molecule has 8 heteroatoms. The standard InChI is InChI=1S/C21H24FN3O3S/c1-15(12-24-14-21(2,26)18-4-6-19(22)7-5-18)25-29(27,28)20-8-3-17-13-23-10-9-16(17)11-20/h3-11,13,15,24-26H,12,14H2,1-2H3/t15-,21?/m1/s1. The number of benzene rings is 2. The molecule has 3 rings (SSSR count). The second kappa shape index (κ2) is 8.54. The first-order valence-corrected chi connectivity index (χ1v) is 10.7. The van der Waals surface area contributed by atoms with Crippen molar-refractivity contribution < 1.29 is 17.9 Å². The minimum absolute atomic E-state index is 0.182. The Morgan fingerprint density at radius 1 is 1.14 bits per heavy atom. The molecular formula is C21H24FN3O3S. The Labute approximate surface area is 169 Å². The molecule has 2 atom stereocenters. The van der Waals surface area contributed by atoms with Gasteiger partial charge in [-0.2, -0.15) is 0 Å². The zero-order chi connectivity index (χ0) is 21.1. The fraction of sp³-hybridized carbons (Fsp3) is 0.286. The Balaban J connectivity index is 1.59. The SMILES string of the molecule is C[C@H](CNCC(C)(O)c1ccc(F)cc1)NS(=O)(=O)c1ccc2cnccc2c1. The van der Waals surface area contributed by atoms with Crippen LogP contribution in [-0.4, -0.2) is 37.6 Å². The van der Waals surface area contributed by atoms with Crippen LogP contribution in [0, 0.1) is 5.82 Å². The van der Waals surface area contributed by atoms with Gasteiger partial charge in [-0.15, -0.1) is 0 Å². The van der Waals surface area contributed by atoms with Crippen molar-refractivity contribution in [3.63, 3.8) is 0 Å². The van der Waals surface area contributed by atoms with Gasteiger partial charge in [-0.3, -0.25) is 4.98 Å². The molecule has 0 spiro atoms. The molecule has 1 heterocycles. The van der Waals surface area contributed by atoms with Crippen molar-refractivity contribution in [2.45, 2.75) is 30.4 Å². The average Bonchev–Trinajstić information content (AvgIpc) is 2.67. The predicted octanol–water partition coefficient (Wildman–Crippen LogP) is 2.54. The van der Waals surface area contributed by atoms with Crippen LogP contribution in [0.4, 0.5) is 4.39 Å². The van der Waals surface area contributed by atoms with Gasteiger partial charge >= 0.3 is 0 Å². The van der Waals surface area contributed by atoms with E-state index in [2.05, 4.69) is 15.0 Å². The first-order chi connectivity index (χ1) is 13.7. The topological polar surface area (TPSA) is 91.3 Å². The Morgan fingerprint density at radius 2 is 1.86 bits per heavy atom. The number of aromatic nitrogens is 1. The number of fused-ring (bicyclic) bond motifs is 1. The molecule has 0 radical (unpaired) electrons. The Hall–Kier alpha value is -2.39.